The molecule has 0 bridgehead atoms. The van der Waals surface area contributed by atoms with Gasteiger partial charge in [-0.25, -0.2) is 0 Å². The SMILES string of the molecule is CCC(C)Cn1cc(C=O)c2ccc(Cl)cc21. The summed E-state index contributed by atoms with van der Waals surface area (Å²) in [4.78, 5) is 11.0. The fourth-order valence-corrected chi connectivity index (χ4v) is 2.17. The van der Waals surface area contributed by atoms with Gasteiger partial charge in [-0.2, -0.15) is 0 Å². The number of carbonyl (C=O) groups excluding carboxylic acids is 1. The van der Waals surface area contributed by atoms with E-state index in [1.165, 1.54) is 0 Å². The van der Waals surface area contributed by atoms with Gasteiger partial charge in [0.1, 0.15) is 0 Å². The number of rotatable bonds is 4. The van der Waals surface area contributed by atoms with Crippen LogP contribution < -0.4 is 0 Å². The monoisotopic (exact) mass is 249 g/mol. The first kappa shape index (κ1) is 12.2. The highest BCUT2D eigenvalue weighted by Gasteiger charge is 2.10. The standard InChI is InChI=1S/C14H16ClNO/c1-3-10(2)7-16-8-11(9-17)13-5-4-12(15)6-14(13)16/h4-6,8-10H,3,7H2,1-2H3. The molecule has 1 unspecified atom stereocenters. The van der Waals surface area contributed by atoms with E-state index in [9.17, 15) is 4.79 Å². The maximum atomic E-state index is 11.0. The molecule has 1 aromatic carbocycles. The lowest BCUT2D eigenvalue weighted by molar-refractivity contribution is 0.112. The Morgan fingerprint density at radius 1 is 1.47 bits per heavy atom. The molecule has 0 aliphatic heterocycles. The van der Waals surface area contributed by atoms with Gasteiger partial charge in [0.25, 0.3) is 0 Å². The molecular weight excluding hydrogens is 234 g/mol. The molecule has 3 heteroatoms. The Bertz CT molecular complexity index is 544. The molecule has 0 radical (unpaired) electrons. The highest BCUT2D eigenvalue weighted by molar-refractivity contribution is 6.31. The summed E-state index contributed by atoms with van der Waals surface area (Å²) >= 11 is 6.01. The van der Waals surface area contributed by atoms with Gasteiger partial charge in [-0.05, 0) is 18.1 Å². The van der Waals surface area contributed by atoms with E-state index in [1.54, 1.807) is 0 Å². The third-order valence-corrected chi connectivity index (χ3v) is 3.44. The number of aldehydes is 1. The maximum Gasteiger partial charge on any atom is 0.152 e. The van der Waals surface area contributed by atoms with Crippen LogP contribution in [0.15, 0.2) is 24.4 Å². The highest BCUT2D eigenvalue weighted by Crippen LogP contribution is 2.25. The average Bonchev–Trinajstić information content (AvgIpc) is 2.66. The lowest BCUT2D eigenvalue weighted by atomic mass is 10.1. The van der Waals surface area contributed by atoms with E-state index in [0.29, 0.717) is 10.9 Å². The topological polar surface area (TPSA) is 22.0 Å². The minimum absolute atomic E-state index is 0.587. The van der Waals surface area contributed by atoms with Crippen molar-refractivity contribution in [3.63, 3.8) is 0 Å². The summed E-state index contributed by atoms with van der Waals surface area (Å²) in [5, 5.41) is 1.69. The van der Waals surface area contributed by atoms with Gasteiger partial charge in [0.2, 0.25) is 0 Å². The summed E-state index contributed by atoms with van der Waals surface area (Å²) in [7, 11) is 0. The second-order valence-electron chi connectivity index (χ2n) is 4.53. The molecule has 0 saturated carbocycles. The molecule has 0 aliphatic carbocycles. The Hall–Kier alpha value is -1.28. The minimum atomic E-state index is 0.587. The Morgan fingerprint density at radius 3 is 2.88 bits per heavy atom. The summed E-state index contributed by atoms with van der Waals surface area (Å²) in [6, 6.07) is 5.66. The first-order valence-electron chi connectivity index (χ1n) is 5.89. The van der Waals surface area contributed by atoms with Crippen LogP contribution in [0.25, 0.3) is 10.9 Å². The normalized spacial score (nSPS) is 12.9. The Labute approximate surface area is 106 Å². The number of aromatic nitrogens is 1. The van der Waals surface area contributed by atoms with Crippen molar-refractivity contribution >= 4 is 28.8 Å². The third kappa shape index (κ3) is 2.37. The van der Waals surface area contributed by atoms with E-state index in [4.69, 9.17) is 11.6 Å². The van der Waals surface area contributed by atoms with E-state index in [0.717, 1.165) is 35.7 Å². The van der Waals surface area contributed by atoms with Crippen LogP contribution in [0.4, 0.5) is 0 Å². The van der Waals surface area contributed by atoms with E-state index in [-0.39, 0.29) is 0 Å². The predicted octanol–water partition coefficient (Wildman–Crippen LogP) is 4.15. The molecular formula is C14H16ClNO. The van der Waals surface area contributed by atoms with E-state index >= 15 is 0 Å². The number of benzene rings is 1. The number of nitrogens with zero attached hydrogens (tertiary/aromatic N) is 1. The Morgan fingerprint density at radius 2 is 2.24 bits per heavy atom. The average molecular weight is 250 g/mol. The molecule has 1 atom stereocenters. The first-order chi connectivity index (χ1) is 8.15. The highest BCUT2D eigenvalue weighted by atomic mass is 35.5. The molecule has 2 aromatic rings. The number of halogens is 1. The van der Waals surface area contributed by atoms with Crippen molar-refractivity contribution in [3.05, 3.63) is 35.0 Å². The second kappa shape index (κ2) is 4.92. The molecule has 17 heavy (non-hydrogen) atoms. The minimum Gasteiger partial charge on any atom is -0.346 e. The Kier molecular flexibility index (Phi) is 3.53. The zero-order valence-corrected chi connectivity index (χ0v) is 10.9. The summed E-state index contributed by atoms with van der Waals surface area (Å²) in [6.07, 6.45) is 3.94. The van der Waals surface area contributed by atoms with Gasteiger partial charge in [-0.15, -0.1) is 0 Å². The summed E-state index contributed by atoms with van der Waals surface area (Å²) in [6.45, 7) is 5.29. The first-order valence-corrected chi connectivity index (χ1v) is 6.27. The van der Waals surface area contributed by atoms with Gasteiger partial charge in [-0.1, -0.05) is 37.9 Å². The van der Waals surface area contributed by atoms with Crippen LogP contribution in [0.2, 0.25) is 5.02 Å². The van der Waals surface area contributed by atoms with Crippen molar-refractivity contribution < 1.29 is 4.79 Å². The van der Waals surface area contributed by atoms with Crippen LogP contribution in [0, 0.1) is 5.92 Å². The van der Waals surface area contributed by atoms with Crippen molar-refractivity contribution in [1.29, 1.82) is 0 Å². The molecule has 0 aliphatic rings. The fourth-order valence-electron chi connectivity index (χ4n) is 2.00. The fraction of sp³-hybridized carbons (Fsp3) is 0.357. The van der Waals surface area contributed by atoms with Crippen molar-refractivity contribution in [2.75, 3.05) is 0 Å². The van der Waals surface area contributed by atoms with Crippen molar-refractivity contribution in [1.82, 2.24) is 4.57 Å². The molecule has 0 N–H and O–H groups in total. The van der Waals surface area contributed by atoms with Crippen LogP contribution in [0.5, 0.6) is 0 Å². The molecule has 0 amide bonds. The third-order valence-electron chi connectivity index (χ3n) is 3.21. The zero-order chi connectivity index (χ0) is 12.4. The summed E-state index contributed by atoms with van der Waals surface area (Å²) in [5.74, 6) is 0.587. The largest absolute Gasteiger partial charge is 0.346 e. The van der Waals surface area contributed by atoms with Gasteiger partial charge in [0, 0.05) is 28.7 Å². The summed E-state index contributed by atoms with van der Waals surface area (Å²) < 4.78 is 2.12. The molecule has 1 aromatic heterocycles. The van der Waals surface area contributed by atoms with Crippen LogP contribution in [0.1, 0.15) is 30.6 Å². The molecule has 90 valence electrons. The molecule has 0 fully saturated rings. The molecule has 2 rings (SSSR count). The van der Waals surface area contributed by atoms with E-state index in [1.807, 2.05) is 24.4 Å². The van der Waals surface area contributed by atoms with Crippen LogP contribution in [-0.2, 0) is 6.54 Å². The van der Waals surface area contributed by atoms with Gasteiger partial charge in [0.05, 0.1) is 5.52 Å². The van der Waals surface area contributed by atoms with Gasteiger partial charge in [-0.3, -0.25) is 4.79 Å². The van der Waals surface area contributed by atoms with E-state index < -0.39 is 0 Å². The lowest BCUT2D eigenvalue weighted by Gasteiger charge is -2.11. The Balaban J connectivity index is 2.54. The lowest BCUT2D eigenvalue weighted by Crippen LogP contribution is -2.05. The van der Waals surface area contributed by atoms with Crippen LogP contribution in [0.3, 0.4) is 0 Å². The van der Waals surface area contributed by atoms with Gasteiger partial charge >= 0.3 is 0 Å². The molecule has 0 spiro atoms. The van der Waals surface area contributed by atoms with Crippen molar-refractivity contribution in [2.45, 2.75) is 26.8 Å². The number of hydrogen-bond acceptors (Lipinski definition) is 1. The second-order valence-corrected chi connectivity index (χ2v) is 4.97. The van der Waals surface area contributed by atoms with Crippen molar-refractivity contribution in [3.8, 4) is 0 Å². The molecule has 0 saturated heterocycles. The molecule has 1 heterocycles. The number of fused-ring (bicyclic) bond motifs is 1. The van der Waals surface area contributed by atoms with Crippen molar-refractivity contribution in [2.24, 2.45) is 5.92 Å². The summed E-state index contributed by atoms with van der Waals surface area (Å²) in [5.41, 5.74) is 1.78. The van der Waals surface area contributed by atoms with Crippen LogP contribution in [-0.4, -0.2) is 10.9 Å². The maximum absolute atomic E-state index is 11.0. The number of hydrogen-bond donors (Lipinski definition) is 0. The van der Waals surface area contributed by atoms with Crippen LogP contribution >= 0.6 is 11.6 Å². The smallest absolute Gasteiger partial charge is 0.152 e. The zero-order valence-electron chi connectivity index (χ0n) is 10.1. The quantitative estimate of drug-likeness (QED) is 0.746. The molecule has 2 nitrogen and oxygen atoms in total. The predicted molar refractivity (Wildman–Crippen MR) is 71.8 cm³/mol. The number of carbonyl (C=O) groups is 1. The van der Waals surface area contributed by atoms with E-state index in [2.05, 4.69) is 18.4 Å². The van der Waals surface area contributed by atoms with Gasteiger partial charge in [0.15, 0.2) is 6.29 Å². The van der Waals surface area contributed by atoms with Gasteiger partial charge < -0.3 is 4.57 Å².